The number of ketones is 1. The standard InChI is InChI=1S/C20H20O10/c21-7-13-15(25)17(27)20(29-13)30-19-16(26)14-11(24)5-10(23)6-12(14)28-18(19)8-1-3-9(22)4-2-8/h1-6,13,15,17-25,27H,7H2/t13-,15-,17+,18-,19+,20-/m0/s1. The van der Waals surface area contributed by atoms with Crippen LogP contribution in [0.2, 0.25) is 0 Å². The number of aromatic hydroxyl groups is 3. The molecule has 0 aliphatic carbocycles. The van der Waals surface area contributed by atoms with Crippen molar-refractivity contribution in [2.45, 2.75) is 36.8 Å². The molecule has 160 valence electrons. The van der Waals surface area contributed by atoms with Gasteiger partial charge in [0.1, 0.15) is 46.9 Å². The molecule has 0 spiro atoms. The maximum Gasteiger partial charge on any atom is 0.203 e. The Morgan fingerprint density at radius 2 is 1.67 bits per heavy atom. The summed E-state index contributed by atoms with van der Waals surface area (Å²) in [5, 5.41) is 58.8. The van der Waals surface area contributed by atoms with Gasteiger partial charge in [-0.15, -0.1) is 0 Å². The monoisotopic (exact) mass is 420 g/mol. The molecule has 0 unspecified atom stereocenters. The number of aliphatic hydroxyl groups is 3. The van der Waals surface area contributed by atoms with Crippen molar-refractivity contribution in [3.05, 3.63) is 47.5 Å². The number of carbonyl (C=O) groups is 1. The molecule has 0 aromatic heterocycles. The van der Waals surface area contributed by atoms with Crippen molar-refractivity contribution in [1.29, 1.82) is 0 Å². The van der Waals surface area contributed by atoms with E-state index in [1.165, 1.54) is 30.3 Å². The number of hydrogen-bond acceptors (Lipinski definition) is 10. The number of fused-ring (bicyclic) bond motifs is 1. The zero-order chi connectivity index (χ0) is 21.6. The SMILES string of the molecule is O=C1c2c(O)cc(O)cc2O[C@@H](c2ccc(O)cc2)[C@@H]1O[C@@H]1O[C@@H](CO)[C@H](O)[C@H]1O. The van der Waals surface area contributed by atoms with E-state index in [4.69, 9.17) is 14.2 Å². The van der Waals surface area contributed by atoms with E-state index in [9.17, 15) is 35.4 Å². The maximum absolute atomic E-state index is 13.2. The highest BCUT2D eigenvalue weighted by Crippen LogP contribution is 2.43. The minimum Gasteiger partial charge on any atom is -0.508 e. The zero-order valence-electron chi connectivity index (χ0n) is 15.5. The van der Waals surface area contributed by atoms with Crippen LogP contribution < -0.4 is 4.74 Å². The van der Waals surface area contributed by atoms with Crippen LogP contribution in [0.4, 0.5) is 0 Å². The van der Waals surface area contributed by atoms with Crippen LogP contribution >= 0.6 is 0 Å². The second-order valence-corrected chi connectivity index (χ2v) is 7.10. The number of rotatable bonds is 4. The van der Waals surface area contributed by atoms with Gasteiger partial charge in [-0.25, -0.2) is 0 Å². The lowest BCUT2D eigenvalue weighted by molar-refractivity contribution is -0.199. The number of benzene rings is 2. The molecule has 4 rings (SSSR count). The molecule has 1 saturated heterocycles. The van der Waals surface area contributed by atoms with Crippen molar-refractivity contribution < 1.29 is 49.6 Å². The number of ether oxygens (including phenoxy) is 3. The predicted octanol–water partition coefficient (Wildman–Crippen LogP) is -0.0560. The van der Waals surface area contributed by atoms with Crippen LogP contribution in [0.15, 0.2) is 36.4 Å². The molecular weight excluding hydrogens is 400 g/mol. The quantitative estimate of drug-likeness (QED) is 0.395. The van der Waals surface area contributed by atoms with Gasteiger partial charge in [-0.05, 0) is 17.7 Å². The Hall–Kier alpha value is -2.89. The molecule has 0 saturated carbocycles. The molecular formula is C20H20O10. The molecule has 6 atom stereocenters. The normalized spacial score (nSPS) is 30.7. The Kier molecular flexibility index (Phi) is 5.26. The molecule has 2 aromatic carbocycles. The Morgan fingerprint density at radius 3 is 2.30 bits per heavy atom. The van der Waals surface area contributed by atoms with Gasteiger partial charge >= 0.3 is 0 Å². The molecule has 10 heteroatoms. The van der Waals surface area contributed by atoms with Crippen LogP contribution in [-0.2, 0) is 9.47 Å². The zero-order valence-corrected chi connectivity index (χ0v) is 15.5. The molecule has 0 amide bonds. The summed E-state index contributed by atoms with van der Waals surface area (Å²) >= 11 is 0. The first-order valence-corrected chi connectivity index (χ1v) is 9.14. The fourth-order valence-corrected chi connectivity index (χ4v) is 3.57. The molecule has 2 heterocycles. The first-order chi connectivity index (χ1) is 14.3. The average molecular weight is 420 g/mol. The predicted molar refractivity (Wildman–Crippen MR) is 98.2 cm³/mol. The van der Waals surface area contributed by atoms with Gasteiger partial charge in [0.15, 0.2) is 18.5 Å². The van der Waals surface area contributed by atoms with Gasteiger partial charge in [0, 0.05) is 12.1 Å². The summed E-state index contributed by atoms with van der Waals surface area (Å²) in [6, 6.07) is 7.89. The van der Waals surface area contributed by atoms with Crippen molar-refractivity contribution in [1.82, 2.24) is 0 Å². The first-order valence-electron chi connectivity index (χ1n) is 9.14. The van der Waals surface area contributed by atoms with Crippen molar-refractivity contribution in [3.8, 4) is 23.0 Å². The van der Waals surface area contributed by atoms with Gasteiger partial charge < -0.3 is 44.8 Å². The van der Waals surface area contributed by atoms with Crippen molar-refractivity contribution in [2.24, 2.45) is 0 Å². The topological polar surface area (TPSA) is 166 Å². The van der Waals surface area contributed by atoms with Crippen molar-refractivity contribution >= 4 is 5.78 Å². The molecule has 0 radical (unpaired) electrons. The number of aliphatic hydroxyl groups excluding tert-OH is 3. The minimum atomic E-state index is -1.54. The van der Waals surface area contributed by atoms with E-state index in [0.29, 0.717) is 5.56 Å². The fraction of sp³-hybridized carbons (Fsp3) is 0.350. The van der Waals surface area contributed by atoms with Gasteiger partial charge in [0.05, 0.1) is 6.61 Å². The van der Waals surface area contributed by atoms with E-state index < -0.39 is 54.9 Å². The van der Waals surface area contributed by atoms with Gasteiger partial charge in [0.25, 0.3) is 0 Å². The van der Waals surface area contributed by atoms with Gasteiger partial charge in [0.2, 0.25) is 5.78 Å². The highest BCUT2D eigenvalue weighted by Gasteiger charge is 2.48. The molecule has 2 aliphatic heterocycles. The third-order valence-electron chi connectivity index (χ3n) is 5.10. The Balaban J connectivity index is 1.72. The lowest BCUT2D eigenvalue weighted by Gasteiger charge is -2.34. The number of hydrogen-bond donors (Lipinski definition) is 6. The number of phenols is 3. The summed E-state index contributed by atoms with van der Waals surface area (Å²) < 4.78 is 16.8. The molecule has 10 nitrogen and oxygen atoms in total. The van der Waals surface area contributed by atoms with Crippen LogP contribution in [0.3, 0.4) is 0 Å². The highest BCUT2D eigenvalue weighted by molar-refractivity contribution is 6.05. The minimum absolute atomic E-state index is 0.0162. The molecule has 30 heavy (non-hydrogen) atoms. The summed E-state index contributed by atoms with van der Waals surface area (Å²) in [7, 11) is 0. The second-order valence-electron chi connectivity index (χ2n) is 7.10. The smallest absolute Gasteiger partial charge is 0.203 e. The fourth-order valence-electron chi connectivity index (χ4n) is 3.57. The van der Waals surface area contributed by atoms with Gasteiger partial charge in [-0.3, -0.25) is 4.79 Å². The van der Waals surface area contributed by atoms with Crippen molar-refractivity contribution in [2.75, 3.05) is 6.61 Å². The Bertz CT molecular complexity index is 943. The molecule has 1 fully saturated rings. The molecule has 2 aromatic rings. The van der Waals surface area contributed by atoms with Gasteiger partial charge in [-0.1, -0.05) is 12.1 Å². The maximum atomic E-state index is 13.2. The van der Waals surface area contributed by atoms with E-state index in [1.807, 2.05) is 0 Å². The first kappa shape index (κ1) is 20.4. The van der Waals surface area contributed by atoms with Crippen LogP contribution in [0, 0.1) is 0 Å². The van der Waals surface area contributed by atoms with E-state index in [2.05, 4.69) is 0 Å². The number of Topliss-reactive ketones (excluding diaryl/α,β-unsaturated/α-hetero) is 1. The van der Waals surface area contributed by atoms with E-state index in [1.54, 1.807) is 0 Å². The Labute approximate surface area is 170 Å². The molecule has 0 bridgehead atoms. The van der Waals surface area contributed by atoms with Crippen LogP contribution in [0.5, 0.6) is 23.0 Å². The summed E-state index contributed by atoms with van der Waals surface area (Å²) in [5.41, 5.74) is 0.200. The lowest BCUT2D eigenvalue weighted by Crippen LogP contribution is -2.44. The number of phenolic OH excluding ortho intramolecular Hbond substituents is 3. The Morgan fingerprint density at radius 1 is 0.967 bits per heavy atom. The van der Waals surface area contributed by atoms with E-state index in [-0.39, 0.29) is 22.8 Å². The second kappa shape index (κ2) is 7.74. The molecule has 2 aliphatic rings. The average Bonchev–Trinajstić information content (AvgIpc) is 2.97. The summed E-state index contributed by atoms with van der Waals surface area (Å²) in [4.78, 5) is 13.2. The number of carbonyl (C=O) groups excluding carboxylic acids is 1. The third-order valence-corrected chi connectivity index (χ3v) is 5.10. The van der Waals surface area contributed by atoms with Crippen LogP contribution in [0.25, 0.3) is 0 Å². The van der Waals surface area contributed by atoms with Gasteiger partial charge in [-0.2, -0.15) is 0 Å². The van der Waals surface area contributed by atoms with Crippen molar-refractivity contribution in [3.63, 3.8) is 0 Å². The molecule has 6 N–H and O–H groups in total. The van der Waals surface area contributed by atoms with E-state index >= 15 is 0 Å². The van der Waals surface area contributed by atoms with E-state index in [0.717, 1.165) is 6.07 Å². The van der Waals surface area contributed by atoms with Crippen LogP contribution in [0.1, 0.15) is 22.0 Å². The lowest BCUT2D eigenvalue weighted by atomic mass is 9.92. The van der Waals surface area contributed by atoms with Crippen LogP contribution in [-0.4, -0.2) is 73.7 Å². The summed E-state index contributed by atoms with van der Waals surface area (Å²) in [6.07, 6.45) is -8.02. The largest absolute Gasteiger partial charge is 0.508 e. The summed E-state index contributed by atoms with van der Waals surface area (Å²) in [6.45, 7) is -0.572. The third kappa shape index (κ3) is 3.44. The highest BCUT2D eigenvalue weighted by atomic mass is 16.7. The summed E-state index contributed by atoms with van der Waals surface area (Å²) in [5.74, 6) is -1.63.